The first-order valence-corrected chi connectivity index (χ1v) is 7.75. The summed E-state index contributed by atoms with van der Waals surface area (Å²) in [5, 5.41) is 0. The summed E-state index contributed by atoms with van der Waals surface area (Å²) in [4.78, 5) is 31.4. The third-order valence-corrected chi connectivity index (χ3v) is 4.21. The van der Waals surface area contributed by atoms with Crippen LogP contribution in [-0.4, -0.2) is 48.9 Å². The SMILES string of the molecule is CN1CC[C@H](n2ccnc2-c2cnc(-c3ccccn3)nc2)C1=O. The van der Waals surface area contributed by atoms with E-state index in [-0.39, 0.29) is 11.9 Å². The van der Waals surface area contributed by atoms with Gasteiger partial charge in [-0.1, -0.05) is 6.07 Å². The maximum atomic E-state index is 12.3. The van der Waals surface area contributed by atoms with Crippen molar-refractivity contribution in [3.8, 4) is 22.9 Å². The van der Waals surface area contributed by atoms with Gasteiger partial charge in [0.15, 0.2) is 5.82 Å². The van der Waals surface area contributed by atoms with Crippen LogP contribution >= 0.6 is 0 Å². The van der Waals surface area contributed by atoms with Gasteiger partial charge in [-0.15, -0.1) is 0 Å². The van der Waals surface area contributed by atoms with E-state index in [1.807, 2.05) is 36.0 Å². The molecule has 1 amide bonds. The van der Waals surface area contributed by atoms with Crippen molar-refractivity contribution in [1.82, 2.24) is 29.4 Å². The number of rotatable bonds is 3. The lowest BCUT2D eigenvalue weighted by molar-refractivity contribution is -0.129. The van der Waals surface area contributed by atoms with E-state index in [1.54, 1.807) is 29.7 Å². The molecular weight excluding hydrogens is 304 g/mol. The van der Waals surface area contributed by atoms with Gasteiger partial charge in [0.1, 0.15) is 17.6 Å². The highest BCUT2D eigenvalue weighted by Gasteiger charge is 2.31. The van der Waals surface area contributed by atoms with E-state index < -0.39 is 0 Å². The van der Waals surface area contributed by atoms with Crippen LogP contribution in [0, 0.1) is 0 Å². The van der Waals surface area contributed by atoms with Crippen LogP contribution in [-0.2, 0) is 4.79 Å². The molecule has 0 N–H and O–H groups in total. The fraction of sp³-hybridized carbons (Fsp3) is 0.235. The van der Waals surface area contributed by atoms with E-state index in [0.29, 0.717) is 11.6 Å². The fourth-order valence-corrected chi connectivity index (χ4v) is 2.92. The van der Waals surface area contributed by atoms with Gasteiger partial charge in [0.2, 0.25) is 5.91 Å². The number of carbonyl (C=O) groups excluding carboxylic acids is 1. The monoisotopic (exact) mass is 320 g/mol. The maximum Gasteiger partial charge on any atom is 0.245 e. The zero-order valence-corrected chi connectivity index (χ0v) is 13.2. The molecule has 24 heavy (non-hydrogen) atoms. The van der Waals surface area contributed by atoms with Crippen LogP contribution < -0.4 is 0 Å². The number of hydrogen-bond donors (Lipinski definition) is 0. The first-order chi connectivity index (χ1) is 11.7. The highest BCUT2D eigenvalue weighted by Crippen LogP contribution is 2.27. The van der Waals surface area contributed by atoms with Crippen LogP contribution in [0.25, 0.3) is 22.9 Å². The molecule has 0 unspecified atom stereocenters. The van der Waals surface area contributed by atoms with E-state index in [1.165, 1.54) is 0 Å². The molecule has 1 aliphatic rings. The molecule has 0 radical (unpaired) electrons. The number of nitrogens with zero attached hydrogens (tertiary/aromatic N) is 6. The third-order valence-electron chi connectivity index (χ3n) is 4.21. The molecule has 4 heterocycles. The number of likely N-dealkylation sites (N-methyl/N-ethyl adjacent to an activating group) is 1. The van der Waals surface area contributed by atoms with E-state index in [0.717, 1.165) is 24.2 Å². The predicted octanol–water partition coefficient (Wildman–Crippen LogP) is 1.81. The zero-order valence-electron chi connectivity index (χ0n) is 13.2. The lowest BCUT2D eigenvalue weighted by atomic mass is 10.2. The summed E-state index contributed by atoms with van der Waals surface area (Å²) in [6.45, 7) is 0.760. The number of amides is 1. The second kappa shape index (κ2) is 5.84. The Bertz CT molecular complexity index is 858. The summed E-state index contributed by atoms with van der Waals surface area (Å²) < 4.78 is 1.91. The number of aromatic nitrogens is 5. The minimum Gasteiger partial charge on any atom is -0.344 e. The smallest absolute Gasteiger partial charge is 0.245 e. The molecule has 1 saturated heterocycles. The summed E-state index contributed by atoms with van der Waals surface area (Å²) in [5.41, 5.74) is 1.50. The Balaban J connectivity index is 1.66. The summed E-state index contributed by atoms with van der Waals surface area (Å²) in [6, 6.07) is 5.41. The molecule has 4 rings (SSSR count). The van der Waals surface area contributed by atoms with Gasteiger partial charge in [-0.05, 0) is 18.6 Å². The molecule has 3 aromatic heterocycles. The van der Waals surface area contributed by atoms with E-state index in [9.17, 15) is 4.79 Å². The molecule has 0 saturated carbocycles. The van der Waals surface area contributed by atoms with Crippen LogP contribution in [0.2, 0.25) is 0 Å². The zero-order chi connectivity index (χ0) is 16.5. The number of pyridine rings is 1. The summed E-state index contributed by atoms with van der Waals surface area (Å²) in [7, 11) is 1.82. The minimum absolute atomic E-state index is 0.111. The molecule has 0 bridgehead atoms. The largest absolute Gasteiger partial charge is 0.344 e. The second-order valence-corrected chi connectivity index (χ2v) is 5.73. The molecule has 1 atom stereocenters. The maximum absolute atomic E-state index is 12.3. The first-order valence-electron chi connectivity index (χ1n) is 7.75. The first kappa shape index (κ1) is 14.5. The van der Waals surface area contributed by atoms with Gasteiger partial charge in [0.05, 0.1) is 5.56 Å². The van der Waals surface area contributed by atoms with Crippen LogP contribution in [0.15, 0.2) is 49.2 Å². The van der Waals surface area contributed by atoms with Crippen molar-refractivity contribution in [3.63, 3.8) is 0 Å². The Kier molecular flexibility index (Phi) is 3.53. The summed E-state index contributed by atoms with van der Waals surface area (Å²) >= 11 is 0. The molecule has 7 nitrogen and oxygen atoms in total. The molecule has 120 valence electrons. The third kappa shape index (κ3) is 2.44. The molecule has 7 heteroatoms. The molecular formula is C17H16N6O. The topological polar surface area (TPSA) is 76.8 Å². The molecule has 1 fully saturated rings. The quantitative estimate of drug-likeness (QED) is 0.735. The Morgan fingerprint density at radius 3 is 2.58 bits per heavy atom. The Morgan fingerprint density at radius 1 is 1.08 bits per heavy atom. The van der Waals surface area contributed by atoms with E-state index >= 15 is 0 Å². The average Bonchev–Trinajstić information content (AvgIpc) is 3.23. The predicted molar refractivity (Wildman–Crippen MR) is 87.8 cm³/mol. The average molecular weight is 320 g/mol. The van der Waals surface area contributed by atoms with Crippen LogP contribution in [0.1, 0.15) is 12.5 Å². The minimum atomic E-state index is -0.206. The molecule has 0 spiro atoms. The number of likely N-dealkylation sites (tertiary alicyclic amines) is 1. The standard InChI is InChI=1S/C17H16N6O/c1-22-8-5-14(17(22)24)23-9-7-19-16(23)12-10-20-15(21-11-12)13-4-2-3-6-18-13/h2-4,6-7,9-11,14H,5,8H2,1H3/t14-/m0/s1. The van der Waals surface area contributed by atoms with Crippen molar-refractivity contribution in [1.29, 1.82) is 0 Å². The molecule has 3 aromatic rings. The van der Waals surface area contributed by atoms with Crippen molar-refractivity contribution in [3.05, 3.63) is 49.2 Å². The molecule has 1 aliphatic heterocycles. The second-order valence-electron chi connectivity index (χ2n) is 5.73. The summed E-state index contributed by atoms with van der Waals surface area (Å²) in [6.07, 6.45) is 9.47. The Morgan fingerprint density at radius 2 is 1.92 bits per heavy atom. The number of imidazole rings is 1. The van der Waals surface area contributed by atoms with Gasteiger partial charge in [-0.3, -0.25) is 9.78 Å². The molecule has 0 aromatic carbocycles. The lowest BCUT2D eigenvalue weighted by Crippen LogP contribution is -2.24. The normalized spacial score (nSPS) is 17.5. The number of carbonyl (C=O) groups is 1. The highest BCUT2D eigenvalue weighted by atomic mass is 16.2. The van der Waals surface area contributed by atoms with Crippen LogP contribution in [0.3, 0.4) is 0 Å². The van der Waals surface area contributed by atoms with Crippen LogP contribution in [0.5, 0.6) is 0 Å². The Labute approximate surface area is 139 Å². The van der Waals surface area contributed by atoms with Crippen molar-refractivity contribution in [2.45, 2.75) is 12.5 Å². The van der Waals surface area contributed by atoms with Gasteiger partial charge in [0.25, 0.3) is 0 Å². The van der Waals surface area contributed by atoms with Gasteiger partial charge in [-0.25, -0.2) is 15.0 Å². The van der Waals surface area contributed by atoms with Crippen molar-refractivity contribution < 1.29 is 4.79 Å². The number of hydrogen-bond acceptors (Lipinski definition) is 5. The van der Waals surface area contributed by atoms with Crippen molar-refractivity contribution in [2.75, 3.05) is 13.6 Å². The van der Waals surface area contributed by atoms with E-state index in [4.69, 9.17) is 0 Å². The van der Waals surface area contributed by atoms with Crippen molar-refractivity contribution in [2.24, 2.45) is 0 Å². The van der Waals surface area contributed by atoms with E-state index in [2.05, 4.69) is 19.9 Å². The highest BCUT2D eigenvalue weighted by molar-refractivity contribution is 5.83. The van der Waals surface area contributed by atoms with Gasteiger partial charge < -0.3 is 9.47 Å². The molecule has 0 aliphatic carbocycles. The lowest BCUT2D eigenvalue weighted by Gasteiger charge is -2.14. The Hall–Kier alpha value is -3.09. The van der Waals surface area contributed by atoms with Crippen LogP contribution in [0.4, 0.5) is 0 Å². The van der Waals surface area contributed by atoms with Gasteiger partial charge in [0, 0.05) is 44.6 Å². The van der Waals surface area contributed by atoms with Crippen molar-refractivity contribution >= 4 is 5.91 Å². The van der Waals surface area contributed by atoms with Gasteiger partial charge >= 0.3 is 0 Å². The summed E-state index contributed by atoms with van der Waals surface area (Å²) in [5.74, 6) is 1.38. The fourth-order valence-electron chi connectivity index (χ4n) is 2.92. The van der Waals surface area contributed by atoms with Gasteiger partial charge in [-0.2, -0.15) is 0 Å².